The molecule has 1 heterocycles. The third kappa shape index (κ3) is 2.87. The first kappa shape index (κ1) is 13.8. The van der Waals surface area contributed by atoms with E-state index in [1.807, 2.05) is 0 Å². The highest BCUT2D eigenvalue weighted by Gasteiger charge is 2.25. The van der Waals surface area contributed by atoms with Crippen molar-refractivity contribution in [3.63, 3.8) is 0 Å². The van der Waals surface area contributed by atoms with Crippen LogP contribution in [0.3, 0.4) is 0 Å². The molecular formula is C14H19FN2O2. The molecule has 2 rings (SSSR count). The highest BCUT2D eigenvalue weighted by molar-refractivity contribution is 5.95. The molecule has 0 aromatic heterocycles. The van der Waals surface area contributed by atoms with Crippen LogP contribution in [0.2, 0.25) is 0 Å². The molecule has 4 nitrogen and oxygen atoms in total. The number of rotatable bonds is 2. The number of nitrogens with zero attached hydrogens (tertiary/aromatic N) is 1. The van der Waals surface area contributed by atoms with E-state index in [1.54, 1.807) is 11.8 Å². The van der Waals surface area contributed by atoms with Gasteiger partial charge < -0.3 is 15.7 Å². The average Bonchev–Trinajstić information content (AvgIpc) is 2.42. The molecule has 1 aliphatic rings. The van der Waals surface area contributed by atoms with Gasteiger partial charge in [-0.15, -0.1) is 0 Å². The largest absolute Gasteiger partial charge is 0.399 e. The summed E-state index contributed by atoms with van der Waals surface area (Å²) in [6, 6.07) is 2.91. The second-order valence-corrected chi connectivity index (χ2v) is 5.12. The van der Waals surface area contributed by atoms with Gasteiger partial charge in [0.25, 0.3) is 5.91 Å². The molecule has 1 aromatic carbocycles. The van der Waals surface area contributed by atoms with Crippen molar-refractivity contribution in [2.45, 2.75) is 19.8 Å². The van der Waals surface area contributed by atoms with Crippen molar-refractivity contribution >= 4 is 11.6 Å². The lowest BCUT2D eigenvalue weighted by Gasteiger charge is -2.31. The maximum Gasteiger partial charge on any atom is 0.256 e. The number of likely N-dealkylation sites (tertiary alicyclic amines) is 1. The lowest BCUT2D eigenvalue weighted by molar-refractivity contribution is 0.0646. The van der Waals surface area contributed by atoms with Crippen molar-refractivity contribution in [3.8, 4) is 0 Å². The van der Waals surface area contributed by atoms with Crippen molar-refractivity contribution < 1.29 is 14.3 Å². The van der Waals surface area contributed by atoms with Gasteiger partial charge in [-0.3, -0.25) is 4.79 Å². The second-order valence-electron chi connectivity index (χ2n) is 5.12. The van der Waals surface area contributed by atoms with Gasteiger partial charge in [-0.05, 0) is 43.4 Å². The predicted molar refractivity (Wildman–Crippen MR) is 71.3 cm³/mol. The molecule has 0 bridgehead atoms. The van der Waals surface area contributed by atoms with E-state index in [-0.39, 0.29) is 24.0 Å². The fourth-order valence-electron chi connectivity index (χ4n) is 2.44. The number of nitrogen functional groups attached to an aromatic ring is 1. The zero-order valence-electron chi connectivity index (χ0n) is 11.0. The van der Waals surface area contributed by atoms with Crippen LogP contribution in [0.25, 0.3) is 0 Å². The third-order valence-electron chi connectivity index (χ3n) is 3.67. The summed E-state index contributed by atoms with van der Waals surface area (Å²) in [5.41, 5.74) is 6.49. The Labute approximate surface area is 112 Å². The van der Waals surface area contributed by atoms with Crippen molar-refractivity contribution in [1.82, 2.24) is 4.90 Å². The normalized spacial score (nSPS) is 16.7. The van der Waals surface area contributed by atoms with Gasteiger partial charge in [0.15, 0.2) is 0 Å². The van der Waals surface area contributed by atoms with Gasteiger partial charge in [-0.2, -0.15) is 0 Å². The number of anilines is 1. The molecule has 5 heteroatoms. The van der Waals surface area contributed by atoms with Crippen LogP contribution in [0.5, 0.6) is 0 Å². The number of nitrogens with two attached hydrogens (primary N) is 1. The van der Waals surface area contributed by atoms with Gasteiger partial charge in [0.1, 0.15) is 5.82 Å². The number of benzene rings is 1. The molecule has 0 saturated carbocycles. The molecule has 0 aliphatic carbocycles. The smallest absolute Gasteiger partial charge is 0.256 e. The van der Waals surface area contributed by atoms with Gasteiger partial charge in [0.05, 0.1) is 5.56 Å². The second kappa shape index (κ2) is 5.57. The van der Waals surface area contributed by atoms with Crippen LogP contribution >= 0.6 is 0 Å². The molecule has 0 atom stereocenters. The topological polar surface area (TPSA) is 66.6 Å². The Kier molecular flexibility index (Phi) is 4.04. The number of aliphatic hydroxyl groups is 1. The van der Waals surface area contributed by atoms with Crippen LogP contribution in [0.4, 0.5) is 10.1 Å². The molecule has 1 aliphatic heterocycles. The number of hydrogen-bond donors (Lipinski definition) is 2. The van der Waals surface area contributed by atoms with E-state index in [0.29, 0.717) is 24.3 Å². The van der Waals surface area contributed by atoms with E-state index < -0.39 is 5.82 Å². The van der Waals surface area contributed by atoms with Crippen LogP contribution in [0.1, 0.15) is 28.8 Å². The summed E-state index contributed by atoms with van der Waals surface area (Å²) in [7, 11) is 0. The summed E-state index contributed by atoms with van der Waals surface area (Å²) < 4.78 is 14.0. The molecule has 1 fully saturated rings. The fraction of sp³-hybridized carbons (Fsp3) is 0.500. The van der Waals surface area contributed by atoms with Crippen molar-refractivity contribution in [1.29, 1.82) is 0 Å². The minimum absolute atomic E-state index is 0.0416. The van der Waals surface area contributed by atoms with Crippen LogP contribution < -0.4 is 5.73 Å². The molecule has 0 unspecified atom stereocenters. The number of aryl methyl sites for hydroxylation is 1. The zero-order valence-corrected chi connectivity index (χ0v) is 11.0. The summed E-state index contributed by atoms with van der Waals surface area (Å²) in [6.07, 6.45) is 1.51. The van der Waals surface area contributed by atoms with Gasteiger partial charge in [-0.25, -0.2) is 4.39 Å². The maximum absolute atomic E-state index is 14.0. The quantitative estimate of drug-likeness (QED) is 0.798. The third-order valence-corrected chi connectivity index (χ3v) is 3.67. The van der Waals surface area contributed by atoms with Gasteiger partial charge in [0, 0.05) is 25.4 Å². The van der Waals surface area contributed by atoms with Crippen molar-refractivity contribution in [2.24, 2.45) is 5.92 Å². The van der Waals surface area contributed by atoms with Crippen LogP contribution in [-0.4, -0.2) is 35.6 Å². The minimum Gasteiger partial charge on any atom is -0.399 e. The Hall–Kier alpha value is -1.62. The number of hydrogen-bond acceptors (Lipinski definition) is 3. The van der Waals surface area contributed by atoms with Gasteiger partial charge in [-0.1, -0.05) is 0 Å². The molecule has 3 N–H and O–H groups in total. The molecule has 104 valence electrons. The van der Waals surface area contributed by atoms with E-state index in [4.69, 9.17) is 10.8 Å². The van der Waals surface area contributed by atoms with E-state index in [0.717, 1.165) is 12.8 Å². The first-order chi connectivity index (χ1) is 9.02. The lowest BCUT2D eigenvalue weighted by atomic mass is 9.97. The molecular weight excluding hydrogens is 247 g/mol. The first-order valence-corrected chi connectivity index (χ1v) is 6.48. The number of aliphatic hydroxyl groups excluding tert-OH is 1. The average molecular weight is 266 g/mol. The molecule has 19 heavy (non-hydrogen) atoms. The number of amides is 1. The standard InChI is InChI=1S/C14H19FN2O2/c1-9-6-11(16)7-12(13(9)15)14(19)17-4-2-10(8-18)3-5-17/h6-7,10,18H,2-5,8,16H2,1H3. The summed E-state index contributed by atoms with van der Waals surface area (Å²) in [5, 5.41) is 9.07. The SMILES string of the molecule is Cc1cc(N)cc(C(=O)N2CCC(CO)CC2)c1F. The Balaban J connectivity index is 2.17. The number of carbonyl (C=O) groups excluding carboxylic acids is 1. The highest BCUT2D eigenvalue weighted by atomic mass is 19.1. The summed E-state index contributed by atoms with van der Waals surface area (Å²) in [4.78, 5) is 13.9. The van der Waals surface area contributed by atoms with Gasteiger partial charge >= 0.3 is 0 Å². The molecule has 1 aromatic rings. The monoisotopic (exact) mass is 266 g/mol. The molecule has 1 amide bonds. The fourth-order valence-corrected chi connectivity index (χ4v) is 2.44. The summed E-state index contributed by atoms with van der Waals surface area (Å²) in [6.45, 7) is 2.85. The summed E-state index contributed by atoms with van der Waals surface area (Å²) >= 11 is 0. The van der Waals surface area contributed by atoms with E-state index in [1.165, 1.54) is 12.1 Å². The van der Waals surface area contributed by atoms with Crippen LogP contribution in [0.15, 0.2) is 12.1 Å². The molecule has 0 spiro atoms. The van der Waals surface area contributed by atoms with Crippen molar-refractivity contribution in [3.05, 3.63) is 29.1 Å². The summed E-state index contributed by atoms with van der Waals surface area (Å²) in [5.74, 6) is -0.566. The Bertz CT molecular complexity index is 483. The Morgan fingerprint density at radius 1 is 1.47 bits per heavy atom. The highest BCUT2D eigenvalue weighted by Crippen LogP contribution is 2.22. The number of piperidine rings is 1. The van der Waals surface area contributed by atoms with E-state index in [9.17, 15) is 9.18 Å². The Morgan fingerprint density at radius 3 is 2.68 bits per heavy atom. The number of carbonyl (C=O) groups is 1. The lowest BCUT2D eigenvalue weighted by Crippen LogP contribution is -2.39. The molecule has 0 radical (unpaired) electrons. The molecule has 1 saturated heterocycles. The predicted octanol–water partition coefficient (Wildman–Crippen LogP) is 1.56. The first-order valence-electron chi connectivity index (χ1n) is 6.48. The van der Waals surface area contributed by atoms with E-state index >= 15 is 0 Å². The van der Waals surface area contributed by atoms with Crippen LogP contribution in [0, 0.1) is 18.7 Å². The minimum atomic E-state index is -0.497. The Morgan fingerprint density at radius 2 is 2.11 bits per heavy atom. The maximum atomic E-state index is 14.0. The van der Waals surface area contributed by atoms with Gasteiger partial charge in [0.2, 0.25) is 0 Å². The van der Waals surface area contributed by atoms with E-state index in [2.05, 4.69) is 0 Å². The van der Waals surface area contributed by atoms with Crippen molar-refractivity contribution in [2.75, 3.05) is 25.4 Å². The number of halogens is 1. The zero-order chi connectivity index (χ0) is 14.0. The van der Waals surface area contributed by atoms with Crippen LogP contribution in [-0.2, 0) is 0 Å².